The van der Waals surface area contributed by atoms with E-state index in [0.29, 0.717) is 0 Å². The molecule has 1 nitrogen and oxygen atoms in total. The Hall–Kier alpha value is -0.530. The summed E-state index contributed by atoms with van der Waals surface area (Å²) in [4.78, 5) is 2.51. The summed E-state index contributed by atoms with van der Waals surface area (Å²) in [7, 11) is 0. The maximum absolute atomic E-state index is 6.15. The van der Waals surface area contributed by atoms with Crippen LogP contribution in [0.15, 0.2) is 24.3 Å². The van der Waals surface area contributed by atoms with Crippen LogP contribution in [0.25, 0.3) is 0 Å². The SMILES string of the molecule is CC.CC.CC1CCCN(Cc2ccccc2Cl)C1. The predicted octanol–water partition coefficient (Wildman–Crippen LogP) is 5.62. The van der Waals surface area contributed by atoms with Gasteiger partial charge in [-0.3, -0.25) is 4.90 Å². The number of benzene rings is 1. The van der Waals surface area contributed by atoms with E-state index in [1.807, 2.05) is 39.8 Å². The first-order valence-corrected chi connectivity index (χ1v) is 8.09. The Morgan fingerprint density at radius 2 is 1.79 bits per heavy atom. The summed E-state index contributed by atoms with van der Waals surface area (Å²) in [5.74, 6) is 0.834. The molecule has 1 aromatic rings. The van der Waals surface area contributed by atoms with Crippen molar-refractivity contribution in [1.29, 1.82) is 0 Å². The van der Waals surface area contributed by atoms with Crippen molar-refractivity contribution in [3.8, 4) is 0 Å². The third-order valence-electron chi connectivity index (χ3n) is 3.09. The number of nitrogens with zero attached hydrogens (tertiary/aromatic N) is 1. The highest BCUT2D eigenvalue weighted by Crippen LogP contribution is 2.21. The number of likely N-dealkylation sites (tertiary alicyclic amines) is 1. The molecule has 1 aromatic carbocycles. The molecule has 0 amide bonds. The molecular formula is C17H30ClN. The zero-order chi connectivity index (χ0) is 14.7. The lowest BCUT2D eigenvalue weighted by Crippen LogP contribution is -2.33. The fraction of sp³-hybridized carbons (Fsp3) is 0.647. The van der Waals surface area contributed by atoms with E-state index in [4.69, 9.17) is 11.6 Å². The van der Waals surface area contributed by atoms with Crippen molar-refractivity contribution >= 4 is 11.6 Å². The molecule has 1 heterocycles. The van der Waals surface area contributed by atoms with E-state index in [2.05, 4.69) is 24.0 Å². The van der Waals surface area contributed by atoms with E-state index in [9.17, 15) is 0 Å². The molecule has 0 saturated carbocycles. The summed E-state index contributed by atoms with van der Waals surface area (Å²) in [6.07, 6.45) is 2.70. The molecule has 1 atom stereocenters. The van der Waals surface area contributed by atoms with Crippen LogP contribution in [0.3, 0.4) is 0 Å². The van der Waals surface area contributed by atoms with E-state index in [0.717, 1.165) is 17.5 Å². The van der Waals surface area contributed by atoms with Gasteiger partial charge in [-0.1, -0.05) is 64.4 Å². The number of rotatable bonds is 2. The summed E-state index contributed by atoms with van der Waals surface area (Å²) in [6, 6.07) is 8.16. The first kappa shape index (κ1) is 18.5. The third kappa shape index (κ3) is 6.98. The largest absolute Gasteiger partial charge is 0.299 e. The van der Waals surface area contributed by atoms with E-state index in [1.165, 1.54) is 31.5 Å². The van der Waals surface area contributed by atoms with Crippen LogP contribution >= 0.6 is 11.6 Å². The normalized spacial score (nSPS) is 18.7. The molecule has 1 aliphatic heterocycles. The molecule has 0 radical (unpaired) electrons. The van der Waals surface area contributed by atoms with Gasteiger partial charge in [0.25, 0.3) is 0 Å². The van der Waals surface area contributed by atoms with Gasteiger partial charge < -0.3 is 0 Å². The van der Waals surface area contributed by atoms with Crippen LogP contribution in [-0.4, -0.2) is 18.0 Å². The monoisotopic (exact) mass is 283 g/mol. The van der Waals surface area contributed by atoms with Crippen molar-refractivity contribution in [3.05, 3.63) is 34.9 Å². The summed E-state index contributed by atoms with van der Waals surface area (Å²) in [5.41, 5.74) is 1.26. The Morgan fingerprint density at radius 1 is 1.16 bits per heavy atom. The quantitative estimate of drug-likeness (QED) is 0.680. The first-order valence-electron chi connectivity index (χ1n) is 7.71. The van der Waals surface area contributed by atoms with Gasteiger partial charge >= 0.3 is 0 Å². The van der Waals surface area contributed by atoms with Gasteiger partial charge in [-0.2, -0.15) is 0 Å². The minimum atomic E-state index is 0.834. The number of halogens is 1. The summed E-state index contributed by atoms with van der Waals surface area (Å²) >= 11 is 6.15. The molecule has 2 heteroatoms. The minimum absolute atomic E-state index is 0.834. The molecule has 1 aliphatic rings. The lowest BCUT2D eigenvalue weighted by atomic mass is 10.00. The molecule has 1 fully saturated rings. The lowest BCUT2D eigenvalue weighted by molar-refractivity contribution is 0.176. The molecule has 0 spiro atoms. The van der Waals surface area contributed by atoms with E-state index in [1.54, 1.807) is 0 Å². The topological polar surface area (TPSA) is 3.24 Å². The van der Waals surface area contributed by atoms with Crippen LogP contribution in [0.4, 0.5) is 0 Å². The van der Waals surface area contributed by atoms with Crippen LogP contribution in [0.1, 0.15) is 53.0 Å². The first-order chi connectivity index (χ1) is 9.25. The summed E-state index contributed by atoms with van der Waals surface area (Å²) in [6.45, 7) is 13.8. The Morgan fingerprint density at radius 3 is 2.37 bits per heavy atom. The number of piperidine rings is 1. The van der Waals surface area contributed by atoms with E-state index < -0.39 is 0 Å². The zero-order valence-electron chi connectivity index (χ0n) is 13.2. The van der Waals surface area contributed by atoms with Gasteiger partial charge in [0.05, 0.1) is 0 Å². The van der Waals surface area contributed by atoms with Crippen molar-refractivity contribution in [2.45, 2.75) is 54.0 Å². The number of hydrogen-bond acceptors (Lipinski definition) is 1. The Labute approximate surface area is 125 Å². The fourth-order valence-corrected chi connectivity index (χ4v) is 2.49. The molecule has 0 bridgehead atoms. The van der Waals surface area contributed by atoms with Crippen molar-refractivity contribution < 1.29 is 0 Å². The molecule has 110 valence electrons. The van der Waals surface area contributed by atoms with Gasteiger partial charge in [0.1, 0.15) is 0 Å². The number of hydrogen-bond donors (Lipinski definition) is 0. The molecule has 19 heavy (non-hydrogen) atoms. The van der Waals surface area contributed by atoms with E-state index >= 15 is 0 Å². The lowest BCUT2D eigenvalue weighted by Gasteiger charge is -2.31. The average Bonchev–Trinajstić information content (AvgIpc) is 2.46. The Bertz CT molecular complexity index is 325. The van der Waals surface area contributed by atoms with Gasteiger partial charge in [-0.15, -0.1) is 0 Å². The smallest absolute Gasteiger partial charge is 0.0451 e. The Kier molecular flexibility index (Phi) is 11.0. The van der Waals surface area contributed by atoms with Crippen molar-refractivity contribution in [2.24, 2.45) is 5.92 Å². The molecule has 2 rings (SSSR count). The van der Waals surface area contributed by atoms with Gasteiger partial charge in [0, 0.05) is 18.1 Å². The second kappa shape index (κ2) is 11.3. The molecule has 0 aliphatic carbocycles. The van der Waals surface area contributed by atoms with Crippen molar-refractivity contribution in [2.75, 3.05) is 13.1 Å². The maximum atomic E-state index is 6.15. The second-order valence-corrected chi connectivity index (χ2v) is 4.98. The van der Waals surface area contributed by atoms with Crippen molar-refractivity contribution in [3.63, 3.8) is 0 Å². The van der Waals surface area contributed by atoms with Crippen molar-refractivity contribution in [1.82, 2.24) is 4.90 Å². The molecule has 1 saturated heterocycles. The third-order valence-corrected chi connectivity index (χ3v) is 3.46. The summed E-state index contributed by atoms with van der Waals surface area (Å²) < 4.78 is 0. The van der Waals surface area contributed by atoms with Crippen LogP contribution in [0, 0.1) is 5.92 Å². The average molecular weight is 284 g/mol. The molecule has 0 N–H and O–H groups in total. The van der Waals surface area contributed by atoms with Gasteiger partial charge in [-0.25, -0.2) is 0 Å². The van der Waals surface area contributed by atoms with E-state index in [-0.39, 0.29) is 0 Å². The molecule has 0 aromatic heterocycles. The van der Waals surface area contributed by atoms with Gasteiger partial charge in [0.15, 0.2) is 0 Å². The Balaban J connectivity index is 0.000000741. The second-order valence-electron chi connectivity index (χ2n) is 4.57. The van der Waals surface area contributed by atoms with Crippen LogP contribution in [0.2, 0.25) is 5.02 Å². The molecular weight excluding hydrogens is 254 g/mol. The van der Waals surface area contributed by atoms with Gasteiger partial charge in [0.2, 0.25) is 0 Å². The van der Waals surface area contributed by atoms with Gasteiger partial charge in [-0.05, 0) is 36.9 Å². The standard InChI is InChI=1S/C13H18ClN.2C2H6/c1-11-5-4-8-15(9-11)10-12-6-2-3-7-13(12)14;2*1-2/h2-3,6-7,11H,4-5,8-10H2,1H3;2*1-2H3. The predicted molar refractivity (Wildman–Crippen MR) is 87.8 cm³/mol. The van der Waals surface area contributed by atoms with Crippen LogP contribution < -0.4 is 0 Å². The fourth-order valence-electron chi connectivity index (χ4n) is 2.30. The highest BCUT2D eigenvalue weighted by molar-refractivity contribution is 6.31. The summed E-state index contributed by atoms with van der Waals surface area (Å²) in [5, 5.41) is 0.899. The molecule has 1 unspecified atom stereocenters. The zero-order valence-corrected chi connectivity index (χ0v) is 14.0. The minimum Gasteiger partial charge on any atom is -0.299 e. The maximum Gasteiger partial charge on any atom is 0.0451 e. The highest BCUT2D eigenvalue weighted by Gasteiger charge is 2.16. The van der Waals surface area contributed by atoms with Crippen LogP contribution in [-0.2, 0) is 6.54 Å². The highest BCUT2D eigenvalue weighted by atomic mass is 35.5. The van der Waals surface area contributed by atoms with Crippen LogP contribution in [0.5, 0.6) is 0 Å².